The van der Waals surface area contributed by atoms with Crippen LogP contribution in [0.4, 0.5) is 0 Å². The maximum Gasteiger partial charge on any atom is 0.115 e. The first-order valence-electron chi connectivity index (χ1n) is 10.5. The number of aryl methyl sites for hydroxylation is 1. The predicted octanol–water partition coefficient (Wildman–Crippen LogP) is 4.65. The number of aliphatic hydroxyl groups excluding tert-OH is 1. The van der Waals surface area contributed by atoms with Gasteiger partial charge in [-0.2, -0.15) is 0 Å². The molecule has 3 nitrogen and oxygen atoms in total. The molecule has 3 aliphatic rings. The molecule has 3 heteroatoms. The third-order valence-corrected chi connectivity index (χ3v) is 7.72. The molecule has 0 radical (unpaired) electrons. The van der Waals surface area contributed by atoms with Gasteiger partial charge in [-0.25, -0.2) is 0 Å². The van der Waals surface area contributed by atoms with E-state index in [-0.39, 0.29) is 17.6 Å². The molecular weight excluding hydrogens is 324 g/mol. The van der Waals surface area contributed by atoms with E-state index < -0.39 is 0 Å². The van der Waals surface area contributed by atoms with Gasteiger partial charge in [-0.1, -0.05) is 13.0 Å². The molecular formula is C23H34O3. The molecule has 0 saturated heterocycles. The normalized spacial score (nSPS) is 38.7. The first-order chi connectivity index (χ1) is 12.4. The lowest BCUT2D eigenvalue weighted by molar-refractivity contribution is -0.0564. The van der Waals surface area contributed by atoms with Crippen LogP contribution in [-0.4, -0.2) is 29.0 Å². The Kier molecular flexibility index (Phi) is 4.81. The van der Waals surface area contributed by atoms with E-state index in [2.05, 4.69) is 26.8 Å². The van der Waals surface area contributed by atoms with Gasteiger partial charge in [-0.05, 0) is 105 Å². The van der Waals surface area contributed by atoms with Gasteiger partial charge in [-0.3, -0.25) is 0 Å². The molecule has 0 unspecified atom stereocenters. The number of benzene rings is 1. The van der Waals surface area contributed by atoms with Gasteiger partial charge in [0.05, 0.1) is 12.2 Å². The van der Waals surface area contributed by atoms with Gasteiger partial charge in [-0.15, -0.1) is 0 Å². The number of phenolic OH excluding ortho intramolecular Hbond substituents is 1. The number of hydrogen-bond donors (Lipinski definition) is 2. The number of aromatic hydroxyl groups is 1. The van der Waals surface area contributed by atoms with E-state index in [9.17, 15) is 10.2 Å². The van der Waals surface area contributed by atoms with Crippen molar-refractivity contribution in [2.75, 3.05) is 6.61 Å². The minimum absolute atomic E-state index is 0.0675. The van der Waals surface area contributed by atoms with Crippen LogP contribution in [0.15, 0.2) is 18.2 Å². The van der Waals surface area contributed by atoms with E-state index in [1.807, 2.05) is 12.1 Å². The summed E-state index contributed by atoms with van der Waals surface area (Å²) in [5.74, 6) is 2.78. The summed E-state index contributed by atoms with van der Waals surface area (Å²) in [6, 6.07) is 6.01. The van der Waals surface area contributed by atoms with Crippen molar-refractivity contribution >= 4 is 0 Å². The Labute approximate surface area is 157 Å². The van der Waals surface area contributed by atoms with Crippen LogP contribution >= 0.6 is 0 Å². The highest BCUT2D eigenvalue weighted by Gasteiger charge is 2.57. The molecule has 144 valence electrons. The highest BCUT2D eigenvalue weighted by molar-refractivity contribution is 5.40. The molecule has 26 heavy (non-hydrogen) atoms. The van der Waals surface area contributed by atoms with Gasteiger partial charge in [0.2, 0.25) is 0 Å². The smallest absolute Gasteiger partial charge is 0.115 e. The number of phenols is 1. The zero-order valence-electron chi connectivity index (χ0n) is 16.4. The van der Waals surface area contributed by atoms with Crippen LogP contribution < -0.4 is 0 Å². The SMILES string of the molecule is CC(C)OCC[C@H]1C[C@]2(C)[C@@H](O)CC[C@H]2[C@@H]2CCc3cc(O)ccc3[C@@H]12. The summed E-state index contributed by atoms with van der Waals surface area (Å²) in [5, 5.41) is 20.7. The van der Waals surface area contributed by atoms with Crippen molar-refractivity contribution in [1.82, 2.24) is 0 Å². The zero-order chi connectivity index (χ0) is 18.5. The Balaban J connectivity index is 1.67. The van der Waals surface area contributed by atoms with Crippen LogP contribution in [-0.2, 0) is 11.2 Å². The van der Waals surface area contributed by atoms with Crippen LogP contribution in [0, 0.1) is 23.2 Å². The highest BCUT2D eigenvalue weighted by atomic mass is 16.5. The molecule has 0 heterocycles. The van der Waals surface area contributed by atoms with Gasteiger partial charge in [0, 0.05) is 6.61 Å². The fourth-order valence-corrected chi connectivity index (χ4v) is 6.58. The average molecular weight is 359 g/mol. The minimum atomic E-state index is -0.150. The van der Waals surface area contributed by atoms with E-state index in [0.717, 1.165) is 32.3 Å². The molecule has 2 N–H and O–H groups in total. The molecule has 1 aromatic rings. The molecule has 2 saturated carbocycles. The molecule has 4 rings (SSSR count). The fraction of sp³-hybridized carbons (Fsp3) is 0.739. The summed E-state index contributed by atoms with van der Waals surface area (Å²) in [6.45, 7) is 7.34. The van der Waals surface area contributed by atoms with Crippen LogP contribution in [0.5, 0.6) is 5.75 Å². The third kappa shape index (κ3) is 2.97. The van der Waals surface area contributed by atoms with Crippen LogP contribution in [0.2, 0.25) is 0 Å². The first-order valence-corrected chi connectivity index (χ1v) is 10.5. The Hall–Kier alpha value is -1.06. The molecule has 0 bridgehead atoms. The molecule has 3 aliphatic carbocycles. The fourth-order valence-electron chi connectivity index (χ4n) is 6.58. The highest BCUT2D eigenvalue weighted by Crippen LogP contribution is 2.63. The topological polar surface area (TPSA) is 49.7 Å². The van der Waals surface area contributed by atoms with E-state index in [1.54, 1.807) is 0 Å². The van der Waals surface area contributed by atoms with Crippen LogP contribution in [0.25, 0.3) is 0 Å². The monoisotopic (exact) mass is 358 g/mol. The molecule has 0 aromatic heterocycles. The van der Waals surface area contributed by atoms with Crippen molar-refractivity contribution in [1.29, 1.82) is 0 Å². The van der Waals surface area contributed by atoms with Gasteiger partial charge in [0.15, 0.2) is 0 Å². The molecule has 2 fully saturated rings. The number of hydrogen-bond acceptors (Lipinski definition) is 3. The van der Waals surface area contributed by atoms with Crippen molar-refractivity contribution < 1.29 is 14.9 Å². The number of rotatable bonds is 4. The molecule has 0 amide bonds. The lowest BCUT2D eigenvalue weighted by Gasteiger charge is -2.54. The summed E-state index contributed by atoms with van der Waals surface area (Å²) >= 11 is 0. The molecule has 6 atom stereocenters. The largest absolute Gasteiger partial charge is 0.508 e. The Morgan fingerprint density at radius 3 is 2.81 bits per heavy atom. The maximum absolute atomic E-state index is 10.8. The standard InChI is InChI=1S/C23H34O3/c1-14(2)26-11-10-16-13-23(3)20(8-9-21(23)25)19-6-4-15-12-17(24)5-7-18(15)22(16)19/h5,7,12,14,16,19-22,24-25H,4,6,8-11,13H2,1-3H3/t16-,19-,20-,21-,22+,23-/m0/s1. The van der Waals surface area contributed by atoms with Gasteiger partial charge < -0.3 is 14.9 Å². The lowest BCUT2D eigenvalue weighted by atomic mass is 9.51. The first kappa shape index (κ1) is 18.3. The van der Waals surface area contributed by atoms with E-state index in [0.29, 0.717) is 29.4 Å². The van der Waals surface area contributed by atoms with Crippen molar-refractivity contribution in [3.63, 3.8) is 0 Å². The van der Waals surface area contributed by atoms with E-state index in [4.69, 9.17) is 4.74 Å². The van der Waals surface area contributed by atoms with Crippen LogP contribution in [0.3, 0.4) is 0 Å². The molecule has 0 spiro atoms. The summed E-state index contributed by atoms with van der Waals surface area (Å²) in [5.41, 5.74) is 2.86. The third-order valence-electron chi connectivity index (χ3n) is 7.72. The summed E-state index contributed by atoms with van der Waals surface area (Å²) in [4.78, 5) is 0. The Morgan fingerprint density at radius 1 is 1.23 bits per heavy atom. The quantitative estimate of drug-likeness (QED) is 0.824. The number of aliphatic hydroxyl groups is 1. The summed E-state index contributed by atoms with van der Waals surface area (Å²) < 4.78 is 5.90. The summed E-state index contributed by atoms with van der Waals surface area (Å²) in [7, 11) is 0. The number of ether oxygens (including phenoxy) is 1. The van der Waals surface area contributed by atoms with E-state index in [1.165, 1.54) is 24.0 Å². The van der Waals surface area contributed by atoms with Crippen molar-refractivity contribution in [3.8, 4) is 5.75 Å². The van der Waals surface area contributed by atoms with Crippen molar-refractivity contribution in [2.45, 2.75) is 77.4 Å². The second-order valence-electron chi connectivity index (χ2n) is 9.49. The van der Waals surface area contributed by atoms with Crippen molar-refractivity contribution in [2.24, 2.45) is 23.2 Å². The van der Waals surface area contributed by atoms with Crippen LogP contribution in [0.1, 0.15) is 69.9 Å². The van der Waals surface area contributed by atoms with Gasteiger partial charge in [0.25, 0.3) is 0 Å². The molecule has 1 aromatic carbocycles. The molecule has 0 aliphatic heterocycles. The minimum Gasteiger partial charge on any atom is -0.508 e. The zero-order valence-corrected chi connectivity index (χ0v) is 16.4. The Morgan fingerprint density at radius 2 is 2.04 bits per heavy atom. The predicted molar refractivity (Wildman–Crippen MR) is 103 cm³/mol. The van der Waals surface area contributed by atoms with Gasteiger partial charge in [0.1, 0.15) is 5.75 Å². The average Bonchev–Trinajstić information content (AvgIpc) is 2.89. The summed E-state index contributed by atoms with van der Waals surface area (Å²) in [6.07, 6.45) is 6.66. The van der Waals surface area contributed by atoms with E-state index >= 15 is 0 Å². The second kappa shape index (κ2) is 6.83. The lowest BCUT2D eigenvalue weighted by Crippen LogP contribution is -2.48. The Bertz CT molecular complexity index is 655. The second-order valence-corrected chi connectivity index (χ2v) is 9.49. The number of fused-ring (bicyclic) bond motifs is 5. The maximum atomic E-state index is 10.8. The van der Waals surface area contributed by atoms with Gasteiger partial charge >= 0.3 is 0 Å². The van der Waals surface area contributed by atoms with Crippen molar-refractivity contribution in [3.05, 3.63) is 29.3 Å².